The Morgan fingerprint density at radius 2 is 1.64 bits per heavy atom. The zero-order chi connectivity index (χ0) is 19.3. The highest BCUT2D eigenvalue weighted by Crippen LogP contribution is 2.25. The number of hydrogen-bond acceptors (Lipinski definition) is 3. The molecule has 0 saturated carbocycles. The molecule has 0 aliphatic carbocycles. The van der Waals surface area contributed by atoms with Gasteiger partial charge in [-0.05, 0) is 41.8 Å². The molecule has 0 bridgehead atoms. The lowest BCUT2D eigenvalue weighted by molar-refractivity contribution is 0.102. The number of benzene rings is 4. The number of para-hydroxylation sites is 1. The van der Waals surface area contributed by atoms with Crippen LogP contribution in [-0.4, -0.2) is 5.91 Å². The van der Waals surface area contributed by atoms with Gasteiger partial charge in [0.25, 0.3) is 5.91 Å². The first-order valence-electron chi connectivity index (χ1n) is 9.06. The molecule has 1 amide bonds. The summed E-state index contributed by atoms with van der Waals surface area (Å²) in [7, 11) is 0. The van der Waals surface area contributed by atoms with Crippen LogP contribution in [0.2, 0.25) is 0 Å². The highest BCUT2D eigenvalue weighted by molar-refractivity contribution is 6.06. The second kappa shape index (κ2) is 7.84. The van der Waals surface area contributed by atoms with Crippen LogP contribution in [0, 0.1) is 0 Å². The molecular formula is C24H20N2O2. The standard InChI is InChI=1S/C24H20N2O2/c25-23-12-6-8-17-13-14-19(15-22(17)23)26-24(27)21-11-5-4-7-18(21)16-28-20-9-2-1-3-10-20/h1-15H,16,25H2,(H,26,27). The van der Waals surface area contributed by atoms with Crippen LogP contribution < -0.4 is 15.8 Å². The van der Waals surface area contributed by atoms with Gasteiger partial charge in [-0.25, -0.2) is 0 Å². The van der Waals surface area contributed by atoms with Crippen molar-refractivity contribution < 1.29 is 9.53 Å². The number of nitrogens with one attached hydrogen (secondary N) is 1. The number of carbonyl (C=O) groups is 1. The van der Waals surface area contributed by atoms with Crippen molar-refractivity contribution in [3.05, 3.63) is 102 Å². The highest BCUT2D eigenvalue weighted by atomic mass is 16.5. The molecule has 4 heteroatoms. The molecule has 0 spiro atoms. The minimum absolute atomic E-state index is 0.180. The summed E-state index contributed by atoms with van der Waals surface area (Å²) in [5, 5.41) is 4.92. The fraction of sp³-hybridized carbons (Fsp3) is 0.0417. The van der Waals surface area contributed by atoms with Gasteiger partial charge < -0.3 is 15.8 Å². The highest BCUT2D eigenvalue weighted by Gasteiger charge is 2.12. The largest absolute Gasteiger partial charge is 0.489 e. The number of fused-ring (bicyclic) bond motifs is 1. The summed E-state index contributed by atoms with van der Waals surface area (Å²) in [6.45, 7) is 0.318. The van der Waals surface area contributed by atoms with E-state index >= 15 is 0 Å². The second-order valence-corrected chi connectivity index (χ2v) is 6.50. The number of nitrogens with two attached hydrogens (primary N) is 1. The van der Waals surface area contributed by atoms with E-state index in [9.17, 15) is 4.79 Å². The topological polar surface area (TPSA) is 64.3 Å². The van der Waals surface area contributed by atoms with Gasteiger partial charge in [-0.2, -0.15) is 0 Å². The lowest BCUT2D eigenvalue weighted by atomic mass is 10.1. The number of hydrogen-bond donors (Lipinski definition) is 2. The van der Waals surface area contributed by atoms with E-state index in [0.29, 0.717) is 23.5 Å². The fourth-order valence-electron chi connectivity index (χ4n) is 3.12. The van der Waals surface area contributed by atoms with Crippen molar-refractivity contribution in [1.29, 1.82) is 0 Å². The van der Waals surface area contributed by atoms with Crippen LogP contribution in [0.4, 0.5) is 11.4 Å². The number of anilines is 2. The van der Waals surface area contributed by atoms with E-state index in [1.54, 1.807) is 6.07 Å². The molecule has 0 aliphatic heterocycles. The smallest absolute Gasteiger partial charge is 0.256 e. The molecular weight excluding hydrogens is 348 g/mol. The molecule has 4 aromatic carbocycles. The zero-order valence-electron chi connectivity index (χ0n) is 15.3. The Kier molecular flexibility index (Phi) is 4.93. The lowest BCUT2D eigenvalue weighted by Gasteiger charge is -2.12. The first-order valence-corrected chi connectivity index (χ1v) is 9.06. The molecule has 4 nitrogen and oxygen atoms in total. The molecule has 0 radical (unpaired) electrons. The normalized spacial score (nSPS) is 10.6. The maximum atomic E-state index is 12.9. The van der Waals surface area contributed by atoms with E-state index < -0.39 is 0 Å². The molecule has 4 rings (SSSR count). The summed E-state index contributed by atoms with van der Waals surface area (Å²) in [6.07, 6.45) is 0. The molecule has 0 unspecified atom stereocenters. The Labute approximate surface area is 163 Å². The van der Waals surface area contributed by atoms with Gasteiger partial charge in [-0.1, -0.05) is 54.6 Å². The Morgan fingerprint density at radius 3 is 2.50 bits per heavy atom. The van der Waals surface area contributed by atoms with Crippen molar-refractivity contribution in [2.24, 2.45) is 0 Å². The van der Waals surface area contributed by atoms with Crippen LogP contribution in [0.1, 0.15) is 15.9 Å². The zero-order valence-corrected chi connectivity index (χ0v) is 15.3. The molecule has 0 saturated heterocycles. The Bertz CT molecular complexity index is 1120. The average Bonchev–Trinajstić information content (AvgIpc) is 2.74. The van der Waals surface area contributed by atoms with Gasteiger partial charge in [0.15, 0.2) is 0 Å². The number of ether oxygens (including phenoxy) is 1. The number of carbonyl (C=O) groups excluding carboxylic acids is 1. The van der Waals surface area contributed by atoms with Crippen LogP contribution >= 0.6 is 0 Å². The van der Waals surface area contributed by atoms with Gasteiger partial charge >= 0.3 is 0 Å². The average molecular weight is 368 g/mol. The third-order valence-electron chi connectivity index (χ3n) is 4.57. The summed E-state index contributed by atoms with van der Waals surface area (Å²) in [5.74, 6) is 0.587. The second-order valence-electron chi connectivity index (χ2n) is 6.50. The van der Waals surface area contributed by atoms with E-state index in [2.05, 4.69) is 5.32 Å². The van der Waals surface area contributed by atoms with Gasteiger partial charge in [-0.15, -0.1) is 0 Å². The summed E-state index contributed by atoms with van der Waals surface area (Å²) < 4.78 is 5.81. The molecule has 28 heavy (non-hydrogen) atoms. The van der Waals surface area contributed by atoms with E-state index in [0.717, 1.165) is 22.1 Å². The molecule has 4 aromatic rings. The predicted molar refractivity (Wildman–Crippen MR) is 114 cm³/mol. The third-order valence-corrected chi connectivity index (χ3v) is 4.57. The van der Waals surface area contributed by atoms with Gasteiger partial charge in [-0.3, -0.25) is 4.79 Å². The number of rotatable bonds is 5. The molecule has 138 valence electrons. The maximum Gasteiger partial charge on any atom is 0.256 e. The monoisotopic (exact) mass is 368 g/mol. The Hall–Kier alpha value is -3.79. The summed E-state index contributed by atoms with van der Waals surface area (Å²) in [4.78, 5) is 12.9. The van der Waals surface area contributed by atoms with E-state index in [-0.39, 0.29) is 5.91 Å². The van der Waals surface area contributed by atoms with Crippen molar-refractivity contribution in [2.45, 2.75) is 6.61 Å². The maximum absolute atomic E-state index is 12.9. The van der Waals surface area contributed by atoms with Crippen molar-refractivity contribution in [3.63, 3.8) is 0 Å². The van der Waals surface area contributed by atoms with Crippen LogP contribution in [0.25, 0.3) is 10.8 Å². The van der Waals surface area contributed by atoms with E-state index in [1.165, 1.54) is 0 Å². The quantitative estimate of drug-likeness (QED) is 0.473. The van der Waals surface area contributed by atoms with Crippen molar-refractivity contribution >= 4 is 28.1 Å². The summed E-state index contributed by atoms with van der Waals surface area (Å²) >= 11 is 0. The van der Waals surface area contributed by atoms with Crippen LogP contribution in [-0.2, 0) is 6.61 Å². The van der Waals surface area contributed by atoms with Gasteiger partial charge in [0.2, 0.25) is 0 Å². The van der Waals surface area contributed by atoms with Crippen molar-refractivity contribution in [2.75, 3.05) is 11.1 Å². The molecule has 0 atom stereocenters. The summed E-state index contributed by atoms with van der Waals surface area (Å²) in [5.41, 5.74) is 8.85. The van der Waals surface area contributed by atoms with Gasteiger partial charge in [0, 0.05) is 27.9 Å². The predicted octanol–water partition coefficient (Wildman–Crippen LogP) is 5.25. The van der Waals surface area contributed by atoms with Gasteiger partial charge in [0.1, 0.15) is 12.4 Å². The summed E-state index contributed by atoms with van der Waals surface area (Å²) in [6, 6.07) is 28.5. The van der Waals surface area contributed by atoms with Crippen LogP contribution in [0.15, 0.2) is 91.0 Å². The van der Waals surface area contributed by atoms with Crippen LogP contribution in [0.5, 0.6) is 5.75 Å². The molecule has 0 aliphatic rings. The van der Waals surface area contributed by atoms with Gasteiger partial charge in [0.05, 0.1) is 0 Å². The van der Waals surface area contributed by atoms with E-state index in [1.807, 2.05) is 84.9 Å². The molecule has 0 aromatic heterocycles. The van der Waals surface area contributed by atoms with Crippen LogP contribution in [0.3, 0.4) is 0 Å². The van der Waals surface area contributed by atoms with Crippen molar-refractivity contribution in [1.82, 2.24) is 0 Å². The minimum Gasteiger partial charge on any atom is -0.489 e. The first-order chi connectivity index (χ1) is 13.7. The van der Waals surface area contributed by atoms with E-state index in [4.69, 9.17) is 10.5 Å². The minimum atomic E-state index is -0.180. The van der Waals surface area contributed by atoms with Crippen molar-refractivity contribution in [3.8, 4) is 5.75 Å². The number of amides is 1. The number of nitrogen functional groups attached to an aromatic ring is 1. The Balaban J connectivity index is 1.54. The SMILES string of the molecule is Nc1cccc2ccc(NC(=O)c3ccccc3COc3ccccc3)cc12. The first kappa shape index (κ1) is 17.6. The third kappa shape index (κ3) is 3.81. The lowest BCUT2D eigenvalue weighted by Crippen LogP contribution is -2.15. The Morgan fingerprint density at radius 1 is 0.857 bits per heavy atom. The molecule has 0 fully saturated rings. The molecule has 3 N–H and O–H groups in total. The molecule has 0 heterocycles. The fourth-order valence-corrected chi connectivity index (χ4v) is 3.12.